The van der Waals surface area contributed by atoms with Gasteiger partial charge in [0, 0.05) is 0 Å². The van der Waals surface area contributed by atoms with Gasteiger partial charge in [-0.2, -0.15) is 0 Å². The molecule has 0 fully saturated rings. The Labute approximate surface area is 112 Å². The summed E-state index contributed by atoms with van der Waals surface area (Å²) in [6.45, 7) is 2.18. The molecule has 0 spiro atoms. The van der Waals surface area contributed by atoms with Crippen LogP contribution in [-0.2, 0) is 0 Å². The summed E-state index contributed by atoms with van der Waals surface area (Å²) >= 11 is 0. The van der Waals surface area contributed by atoms with E-state index in [-0.39, 0.29) is 17.2 Å². The molecule has 2 N–H and O–H groups in total. The molecule has 0 aliphatic heterocycles. The Bertz CT molecular complexity index is 551. The molecule has 0 unspecified atom stereocenters. The zero-order valence-electron chi connectivity index (χ0n) is 10.7. The van der Waals surface area contributed by atoms with Crippen LogP contribution in [-0.4, -0.2) is 16.8 Å². The lowest BCUT2D eigenvalue weighted by atomic mass is 10.1. The first-order valence-corrected chi connectivity index (χ1v) is 6.12. The Kier molecular flexibility index (Phi) is 4.08. The van der Waals surface area contributed by atoms with Gasteiger partial charge in [-0.15, -0.1) is 0 Å². The molecule has 2 rings (SSSR count). The van der Waals surface area contributed by atoms with Gasteiger partial charge in [-0.3, -0.25) is 0 Å². The Hall–Kier alpha value is -2.42. The Morgan fingerprint density at radius 3 is 2.11 bits per heavy atom. The van der Waals surface area contributed by atoms with E-state index in [4.69, 9.17) is 4.74 Å². The normalized spacial score (nSPS) is 10.8. The molecule has 3 heteroatoms. The van der Waals surface area contributed by atoms with E-state index in [1.165, 1.54) is 0 Å². The first-order chi connectivity index (χ1) is 9.20. The summed E-state index contributed by atoms with van der Waals surface area (Å²) in [4.78, 5) is 0. The van der Waals surface area contributed by atoms with E-state index in [1.807, 2.05) is 42.5 Å². The second-order valence-electron chi connectivity index (χ2n) is 4.07. The van der Waals surface area contributed by atoms with Crippen LogP contribution < -0.4 is 4.74 Å². The van der Waals surface area contributed by atoms with Gasteiger partial charge in [0.15, 0.2) is 11.5 Å². The van der Waals surface area contributed by atoms with Crippen LogP contribution in [0, 0.1) is 0 Å². The molecule has 0 aliphatic rings. The Balaban J connectivity index is 2.25. The molecule has 0 aliphatic carbocycles. The number of ether oxygens (including phenoxy) is 1. The molecular weight excluding hydrogens is 240 g/mol. The van der Waals surface area contributed by atoms with Gasteiger partial charge in [-0.1, -0.05) is 42.5 Å². The maximum atomic E-state index is 9.78. The molecule has 0 atom stereocenters. The van der Waals surface area contributed by atoms with Crippen LogP contribution in [0.2, 0.25) is 0 Å². The van der Waals surface area contributed by atoms with Crippen LogP contribution in [0.25, 0.3) is 12.2 Å². The van der Waals surface area contributed by atoms with Crippen molar-refractivity contribution in [1.82, 2.24) is 0 Å². The summed E-state index contributed by atoms with van der Waals surface area (Å²) in [6, 6.07) is 12.9. The van der Waals surface area contributed by atoms with E-state index < -0.39 is 0 Å². The number of hydrogen-bond acceptors (Lipinski definition) is 3. The fraction of sp³-hybridized carbons (Fsp3) is 0.125. The highest BCUT2D eigenvalue weighted by Gasteiger charge is 2.09. The van der Waals surface area contributed by atoms with Crippen molar-refractivity contribution in [2.75, 3.05) is 6.61 Å². The topological polar surface area (TPSA) is 49.7 Å². The molecule has 2 aromatic rings. The van der Waals surface area contributed by atoms with Gasteiger partial charge in [0.1, 0.15) is 0 Å². The van der Waals surface area contributed by atoms with Gasteiger partial charge in [-0.05, 0) is 30.2 Å². The van der Waals surface area contributed by atoms with Crippen molar-refractivity contribution in [3.63, 3.8) is 0 Å². The monoisotopic (exact) mass is 256 g/mol. The minimum atomic E-state index is -0.0606. The first kappa shape index (κ1) is 13.0. The molecule has 3 nitrogen and oxygen atoms in total. The smallest absolute Gasteiger partial charge is 0.203 e. The lowest BCUT2D eigenvalue weighted by Crippen LogP contribution is -1.92. The summed E-state index contributed by atoms with van der Waals surface area (Å²) in [5.74, 6) is 0.00323. The molecule has 0 bridgehead atoms. The average Bonchev–Trinajstić information content (AvgIpc) is 2.42. The number of aromatic hydroxyl groups is 2. The standard InChI is InChI=1S/C16H16O3/c1-2-19-16-14(17)10-13(11-15(16)18)9-8-12-6-4-3-5-7-12/h3-11,17-18H,2H2,1H3. The summed E-state index contributed by atoms with van der Waals surface area (Å²) in [7, 11) is 0. The van der Waals surface area contributed by atoms with Crippen LogP contribution in [0.4, 0.5) is 0 Å². The predicted molar refractivity (Wildman–Crippen MR) is 76.3 cm³/mol. The average molecular weight is 256 g/mol. The summed E-state index contributed by atoms with van der Waals surface area (Å²) in [5.41, 5.74) is 1.76. The van der Waals surface area contributed by atoms with E-state index in [0.717, 1.165) is 5.56 Å². The summed E-state index contributed by atoms with van der Waals surface area (Å²) in [5, 5.41) is 19.6. The maximum absolute atomic E-state index is 9.78. The van der Waals surface area contributed by atoms with Gasteiger partial charge in [0.05, 0.1) is 6.61 Å². The van der Waals surface area contributed by atoms with Gasteiger partial charge >= 0.3 is 0 Å². The minimum Gasteiger partial charge on any atom is -0.504 e. The molecule has 98 valence electrons. The van der Waals surface area contributed by atoms with Gasteiger partial charge < -0.3 is 14.9 Å². The summed E-state index contributed by atoms with van der Waals surface area (Å²) < 4.78 is 5.16. The fourth-order valence-electron chi connectivity index (χ4n) is 1.76. The number of rotatable bonds is 4. The van der Waals surface area contributed by atoms with Crippen LogP contribution in [0.5, 0.6) is 17.2 Å². The van der Waals surface area contributed by atoms with Crippen LogP contribution in [0.15, 0.2) is 42.5 Å². The van der Waals surface area contributed by atoms with Crippen LogP contribution in [0.1, 0.15) is 18.1 Å². The lowest BCUT2D eigenvalue weighted by molar-refractivity contribution is 0.298. The molecule has 0 radical (unpaired) electrons. The molecule has 0 saturated heterocycles. The van der Waals surface area contributed by atoms with Crippen molar-refractivity contribution in [2.45, 2.75) is 6.92 Å². The molecule has 0 aromatic heterocycles. The van der Waals surface area contributed by atoms with Crippen molar-refractivity contribution in [3.8, 4) is 17.2 Å². The zero-order chi connectivity index (χ0) is 13.7. The highest BCUT2D eigenvalue weighted by molar-refractivity contribution is 5.72. The van der Waals surface area contributed by atoms with Crippen molar-refractivity contribution < 1.29 is 14.9 Å². The van der Waals surface area contributed by atoms with E-state index in [1.54, 1.807) is 19.1 Å². The molecule has 0 heterocycles. The highest BCUT2D eigenvalue weighted by atomic mass is 16.5. The van der Waals surface area contributed by atoms with Crippen molar-refractivity contribution in [2.24, 2.45) is 0 Å². The number of phenols is 2. The van der Waals surface area contributed by atoms with Crippen molar-refractivity contribution >= 4 is 12.2 Å². The van der Waals surface area contributed by atoms with Gasteiger partial charge in [0.25, 0.3) is 0 Å². The van der Waals surface area contributed by atoms with Crippen molar-refractivity contribution in [1.29, 1.82) is 0 Å². The van der Waals surface area contributed by atoms with Crippen LogP contribution >= 0.6 is 0 Å². The van der Waals surface area contributed by atoms with Crippen molar-refractivity contribution in [3.05, 3.63) is 53.6 Å². The second kappa shape index (κ2) is 5.96. The first-order valence-electron chi connectivity index (χ1n) is 6.12. The van der Waals surface area contributed by atoms with Crippen LogP contribution in [0.3, 0.4) is 0 Å². The number of benzene rings is 2. The largest absolute Gasteiger partial charge is 0.504 e. The maximum Gasteiger partial charge on any atom is 0.203 e. The Morgan fingerprint density at radius 1 is 0.947 bits per heavy atom. The third-order valence-corrected chi connectivity index (χ3v) is 2.63. The minimum absolute atomic E-state index is 0.0606. The van der Waals surface area contributed by atoms with Gasteiger partial charge in [0.2, 0.25) is 5.75 Å². The predicted octanol–water partition coefficient (Wildman–Crippen LogP) is 3.67. The molecular formula is C16H16O3. The van der Waals surface area contributed by atoms with E-state index in [0.29, 0.717) is 12.2 Å². The summed E-state index contributed by atoms with van der Waals surface area (Å²) in [6.07, 6.45) is 3.74. The van der Waals surface area contributed by atoms with Gasteiger partial charge in [-0.25, -0.2) is 0 Å². The molecule has 19 heavy (non-hydrogen) atoms. The zero-order valence-corrected chi connectivity index (χ0v) is 10.7. The van der Waals surface area contributed by atoms with E-state index in [2.05, 4.69) is 0 Å². The quantitative estimate of drug-likeness (QED) is 0.821. The molecule has 2 aromatic carbocycles. The Morgan fingerprint density at radius 2 is 1.53 bits per heavy atom. The molecule has 0 saturated carbocycles. The van der Waals surface area contributed by atoms with E-state index >= 15 is 0 Å². The SMILES string of the molecule is CCOc1c(O)cc(C=Cc2ccccc2)cc1O. The third-order valence-electron chi connectivity index (χ3n) is 2.63. The lowest BCUT2D eigenvalue weighted by Gasteiger charge is -2.08. The third kappa shape index (κ3) is 3.28. The van der Waals surface area contributed by atoms with E-state index in [9.17, 15) is 10.2 Å². The second-order valence-corrected chi connectivity index (χ2v) is 4.07. The number of phenolic OH excluding ortho intramolecular Hbond substituents is 2. The fourth-order valence-corrected chi connectivity index (χ4v) is 1.76. The highest BCUT2D eigenvalue weighted by Crippen LogP contribution is 2.37. The number of hydrogen-bond donors (Lipinski definition) is 2. The molecule has 0 amide bonds.